The molecule has 1 aromatic heterocycles. The maximum atomic E-state index is 13.4. The van der Waals surface area contributed by atoms with Gasteiger partial charge in [0.1, 0.15) is 5.82 Å². The van der Waals surface area contributed by atoms with E-state index in [1.54, 1.807) is 15.9 Å². The molecule has 2 heterocycles. The van der Waals surface area contributed by atoms with Crippen LogP contribution in [0.25, 0.3) is 11.1 Å². The largest absolute Gasteiger partial charge is 0.335 e. The van der Waals surface area contributed by atoms with Crippen molar-refractivity contribution in [3.05, 3.63) is 82.3 Å². The average Bonchev–Trinajstić information content (AvgIpc) is 3.23. The first-order valence-electron chi connectivity index (χ1n) is 9.10. The molecule has 4 rings (SSSR count). The number of nitrogens with zero attached hydrogens (tertiary/aromatic N) is 2. The molecule has 6 heteroatoms. The molecule has 28 heavy (non-hydrogen) atoms. The molecule has 0 bridgehead atoms. The van der Waals surface area contributed by atoms with E-state index in [-0.39, 0.29) is 11.8 Å². The van der Waals surface area contributed by atoms with E-state index in [0.717, 1.165) is 16.0 Å². The number of benzene rings is 2. The molecular weight excluding hydrogens is 375 g/mol. The molecule has 0 aliphatic carbocycles. The molecule has 3 aromatic rings. The van der Waals surface area contributed by atoms with Crippen molar-refractivity contribution in [2.24, 2.45) is 0 Å². The highest BCUT2D eigenvalue weighted by atomic mass is 32.1. The quantitative estimate of drug-likeness (QED) is 0.670. The van der Waals surface area contributed by atoms with Gasteiger partial charge in [0, 0.05) is 37.3 Å². The summed E-state index contributed by atoms with van der Waals surface area (Å²) in [5, 5.41) is 1.93. The second-order valence-electron chi connectivity index (χ2n) is 6.62. The molecule has 0 N–H and O–H groups in total. The van der Waals surface area contributed by atoms with Crippen molar-refractivity contribution in [1.82, 2.24) is 9.80 Å². The molecule has 0 atom stereocenters. The number of hydrogen-bond donors (Lipinski definition) is 0. The Morgan fingerprint density at radius 3 is 2.18 bits per heavy atom. The van der Waals surface area contributed by atoms with Crippen LogP contribution in [0.2, 0.25) is 0 Å². The lowest BCUT2D eigenvalue weighted by Gasteiger charge is -2.34. The van der Waals surface area contributed by atoms with E-state index in [1.165, 1.54) is 29.5 Å². The van der Waals surface area contributed by atoms with E-state index in [2.05, 4.69) is 0 Å². The first-order chi connectivity index (χ1) is 13.6. The SMILES string of the molecule is O=C(c1cccc(F)c1)N1CCN(C(=O)c2sccc2-c2ccccc2)CC1. The van der Waals surface area contributed by atoms with Crippen molar-refractivity contribution >= 4 is 23.2 Å². The monoisotopic (exact) mass is 394 g/mol. The van der Waals surface area contributed by atoms with E-state index in [0.29, 0.717) is 31.7 Å². The van der Waals surface area contributed by atoms with Crippen LogP contribution in [0.1, 0.15) is 20.0 Å². The Morgan fingerprint density at radius 2 is 1.50 bits per heavy atom. The van der Waals surface area contributed by atoms with Gasteiger partial charge in [-0.2, -0.15) is 0 Å². The van der Waals surface area contributed by atoms with Crippen LogP contribution in [0.4, 0.5) is 4.39 Å². The van der Waals surface area contributed by atoms with Crippen LogP contribution >= 0.6 is 11.3 Å². The number of thiophene rings is 1. The number of carbonyl (C=O) groups is 2. The van der Waals surface area contributed by atoms with Crippen molar-refractivity contribution < 1.29 is 14.0 Å². The molecule has 1 fully saturated rings. The second-order valence-corrected chi connectivity index (χ2v) is 7.54. The van der Waals surface area contributed by atoms with Crippen LogP contribution in [0.5, 0.6) is 0 Å². The van der Waals surface area contributed by atoms with Crippen LogP contribution in [-0.2, 0) is 0 Å². The van der Waals surface area contributed by atoms with Gasteiger partial charge in [0.15, 0.2) is 0 Å². The summed E-state index contributed by atoms with van der Waals surface area (Å²) in [5.41, 5.74) is 2.30. The van der Waals surface area contributed by atoms with Gasteiger partial charge in [0.25, 0.3) is 11.8 Å². The third-order valence-electron chi connectivity index (χ3n) is 4.87. The summed E-state index contributed by atoms with van der Waals surface area (Å²) in [6, 6.07) is 17.5. The summed E-state index contributed by atoms with van der Waals surface area (Å²) < 4.78 is 13.4. The van der Waals surface area contributed by atoms with Crippen LogP contribution in [0.3, 0.4) is 0 Å². The van der Waals surface area contributed by atoms with Gasteiger partial charge in [-0.05, 0) is 35.2 Å². The highest BCUT2D eigenvalue weighted by Crippen LogP contribution is 2.29. The molecule has 2 amide bonds. The Balaban J connectivity index is 1.44. The Hall–Kier alpha value is -2.99. The van der Waals surface area contributed by atoms with Crippen LogP contribution in [-0.4, -0.2) is 47.8 Å². The van der Waals surface area contributed by atoms with E-state index in [9.17, 15) is 14.0 Å². The van der Waals surface area contributed by atoms with Gasteiger partial charge in [0.2, 0.25) is 0 Å². The molecule has 2 aromatic carbocycles. The van der Waals surface area contributed by atoms with Crippen molar-refractivity contribution in [3.8, 4) is 11.1 Å². The van der Waals surface area contributed by atoms with Gasteiger partial charge in [-0.3, -0.25) is 9.59 Å². The number of hydrogen-bond acceptors (Lipinski definition) is 3. The van der Waals surface area contributed by atoms with Crippen LogP contribution < -0.4 is 0 Å². The van der Waals surface area contributed by atoms with E-state index in [1.807, 2.05) is 41.8 Å². The zero-order chi connectivity index (χ0) is 19.5. The molecule has 1 saturated heterocycles. The van der Waals surface area contributed by atoms with Crippen molar-refractivity contribution in [2.75, 3.05) is 26.2 Å². The molecule has 0 spiro atoms. The minimum Gasteiger partial charge on any atom is -0.335 e. The lowest BCUT2D eigenvalue weighted by atomic mass is 10.1. The van der Waals surface area contributed by atoms with Crippen molar-refractivity contribution in [1.29, 1.82) is 0 Å². The minimum atomic E-state index is -0.425. The summed E-state index contributed by atoms with van der Waals surface area (Å²) in [4.78, 5) is 29.8. The summed E-state index contributed by atoms with van der Waals surface area (Å²) in [5.74, 6) is -0.634. The van der Waals surface area contributed by atoms with Gasteiger partial charge in [-0.1, -0.05) is 36.4 Å². The average molecular weight is 394 g/mol. The highest BCUT2D eigenvalue weighted by molar-refractivity contribution is 7.12. The highest BCUT2D eigenvalue weighted by Gasteiger charge is 2.27. The lowest BCUT2D eigenvalue weighted by Crippen LogP contribution is -2.50. The standard InChI is InChI=1S/C22H19FN2O2S/c23-18-8-4-7-17(15-18)21(26)24-10-12-25(13-11-24)22(27)20-19(9-14-28-20)16-5-2-1-3-6-16/h1-9,14-15H,10-13H2. The van der Waals surface area contributed by atoms with Crippen molar-refractivity contribution in [2.45, 2.75) is 0 Å². The fourth-order valence-electron chi connectivity index (χ4n) is 3.38. The third-order valence-corrected chi connectivity index (χ3v) is 5.77. The van der Waals surface area contributed by atoms with Gasteiger partial charge in [0.05, 0.1) is 4.88 Å². The predicted octanol–water partition coefficient (Wildman–Crippen LogP) is 4.15. The normalized spacial score (nSPS) is 14.2. The fourth-order valence-corrected chi connectivity index (χ4v) is 4.26. The predicted molar refractivity (Wildman–Crippen MR) is 108 cm³/mol. The molecular formula is C22H19FN2O2S. The molecule has 1 aliphatic rings. The number of halogens is 1. The molecule has 0 radical (unpaired) electrons. The maximum Gasteiger partial charge on any atom is 0.264 e. The maximum absolute atomic E-state index is 13.4. The van der Waals surface area contributed by atoms with Gasteiger partial charge in [-0.25, -0.2) is 4.39 Å². The van der Waals surface area contributed by atoms with Crippen LogP contribution in [0.15, 0.2) is 66.0 Å². The summed E-state index contributed by atoms with van der Waals surface area (Å²) in [6.45, 7) is 1.80. The first kappa shape index (κ1) is 18.4. The molecule has 0 saturated carbocycles. The van der Waals surface area contributed by atoms with Gasteiger partial charge in [-0.15, -0.1) is 11.3 Å². The topological polar surface area (TPSA) is 40.6 Å². The van der Waals surface area contributed by atoms with E-state index < -0.39 is 5.82 Å². The first-order valence-corrected chi connectivity index (χ1v) is 9.98. The Morgan fingerprint density at radius 1 is 0.821 bits per heavy atom. The zero-order valence-electron chi connectivity index (χ0n) is 15.2. The summed E-state index contributed by atoms with van der Waals surface area (Å²) >= 11 is 1.44. The Kier molecular flexibility index (Phi) is 5.21. The number of rotatable bonds is 3. The molecule has 4 nitrogen and oxygen atoms in total. The molecule has 1 aliphatic heterocycles. The lowest BCUT2D eigenvalue weighted by molar-refractivity contribution is 0.0538. The smallest absolute Gasteiger partial charge is 0.264 e. The summed E-state index contributed by atoms with van der Waals surface area (Å²) in [7, 11) is 0. The fraction of sp³-hybridized carbons (Fsp3) is 0.182. The number of amides is 2. The Labute approximate surface area is 166 Å². The van der Waals surface area contributed by atoms with Gasteiger partial charge < -0.3 is 9.80 Å². The number of carbonyl (C=O) groups excluding carboxylic acids is 2. The number of piperazine rings is 1. The summed E-state index contributed by atoms with van der Waals surface area (Å²) in [6.07, 6.45) is 0. The zero-order valence-corrected chi connectivity index (χ0v) is 16.0. The minimum absolute atomic E-state index is 0.00768. The van der Waals surface area contributed by atoms with Crippen LogP contribution in [0, 0.1) is 5.82 Å². The van der Waals surface area contributed by atoms with E-state index >= 15 is 0 Å². The van der Waals surface area contributed by atoms with E-state index in [4.69, 9.17) is 0 Å². The molecule has 0 unspecified atom stereocenters. The Bertz CT molecular complexity index is 995. The third kappa shape index (κ3) is 3.68. The van der Waals surface area contributed by atoms with Crippen molar-refractivity contribution in [3.63, 3.8) is 0 Å². The molecule has 142 valence electrons. The second kappa shape index (κ2) is 7.94. The van der Waals surface area contributed by atoms with Gasteiger partial charge >= 0.3 is 0 Å².